The zero-order chi connectivity index (χ0) is 15.4. The van der Waals surface area contributed by atoms with Crippen LogP contribution in [0.4, 0.5) is 0 Å². The first kappa shape index (κ1) is 15.8. The molecule has 1 aromatic heterocycles. The highest BCUT2D eigenvalue weighted by Crippen LogP contribution is 2.26. The van der Waals surface area contributed by atoms with Gasteiger partial charge in [-0.05, 0) is 24.1 Å². The van der Waals surface area contributed by atoms with E-state index < -0.39 is 5.97 Å². The number of benzene rings is 1. The fourth-order valence-electron chi connectivity index (χ4n) is 1.77. The Morgan fingerprint density at radius 2 is 2.29 bits per heavy atom. The molecule has 0 atom stereocenters. The third-order valence-corrected chi connectivity index (χ3v) is 4.59. The Balaban J connectivity index is 2.13. The first-order chi connectivity index (χ1) is 10.0. The van der Waals surface area contributed by atoms with Crippen LogP contribution in [0.3, 0.4) is 0 Å². The maximum absolute atomic E-state index is 11.6. The first-order valence-corrected chi connectivity index (χ1v) is 8.10. The van der Waals surface area contributed by atoms with Crippen molar-refractivity contribution >= 4 is 33.7 Å². The lowest BCUT2D eigenvalue weighted by atomic mass is 10.1. The van der Waals surface area contributed by atoms with E-state index in [1.54, 1.807) is 22.8 Å². The molecule has 0 fully saturated rings. The summed E-state index contributed by atoms with van der Waals surface area (Å²) in [6.45, 7) is 2.62. The van der Waals surface area contributed by atoms with E-state index >= 15 is 0 Å². The third-order valence-electron chi connectivity index (χ3n) is 2.83. The molecule has 0 amide bonds. The molecule has 0 unspecified atom stereocenters. The van der Waals surface area contributed by atoms with Gasteiger partial charge in [0.05, 0.1) is 5.56 Å². The Hall–Kier alpha value is -1.54. The monoisotopic (exact) mass is 371 g/mol. The van der Waals surface area contributed by atoms with E-state index in [0.717, 1.165) is 16.5 Å². The standard InChI is InChI=1S/C13H14BrN3O3S/c1-2-5-17-12(20)15-16-13(17)21-7-9-4-3-8(11(18)19)6-10(9)14/h3-4,6H,2,5,7H2,1H3,(H,15,20)(H,18,19). The fraction of sp³-hybridized carbons (Fsp3) is 0.308. The minimum absolute atomic E-state index is 0.209. The largest absolute Gasteiger partial charge is 0.478 e. The lowest BCUT2D eigenvalue weighted by Gasteiger charge is -2.06. The van der Waals surface area contributed by atoms with Gasteiger partial charge in [0.15, 0.2) is 5.16 Å². The van der Waals surface area contributed by atoms with Crippen LogP contribution in [-0.2, 0) is 12.3 Å². The molecule has 0 saturated carbocycles. The zero-order valence-corrected chi connectivity index (χ0v) is 13.7. The molecule has 0 saturated heterocycles. The lowest BCUT2D eigenvalue weighted by molar-refractivity contribution is 0.0697. The van der Waals surface area contributed by atoms with Crippen molar-refractivity contribution in [2.75, 3.05) is 0 Å². The lowest BCUT2D eigenvalue weighted by Crippen LogP contribution is -2.17. The molecule has 0 aliphatic rings. The van der Waals surface area contributed by atoms with E-state index in [4.69, 9.17) is 5.11 Å². The summed E-state index contributed by atoms with van der Waals surface area (Å²) in [4.78, 5) is 22.5. The van der Waals surface area contributed by atoms with E-state index in [1.807, 2.05) is 6.92 Å². The molecule has 2 rings (SSSR count). The number of nitrogens with zero attached hydrogens (tertiary/aromatic N) is 2. The van der Waals surface area contributed by atoms with Gasteiger partial charge in [0.1, 0.15) is 0 Å². The van der Waals surface area contributed by atoms with Crippen LogP contribution in [-0.4, -0.2) is 25.8 Å². The van der Waals surface area contributed by atoms with Crippen molar-refractivity contribution in [3.8, 4) is 0 Å². The number of aromatic nitrogens is 3. The van der Waals surface area contributed by atoms with Crippen LogP contribution >= 0.6 is 27.7 Å². The molecule has 8 heteroatoms. The van der Waals surface area contributed by atoms with Gasteiger partial charge in [-0.2, -0.15) is 0 Å². The average Bonchev–Trinajstić information content (AvgIpc) is 2.79. The number of aromatic carboxylic acids is 1. The summed E-state index contributed by atoms with van der Waals surface area (Å²) in [7, 11) is 0. The number of nitrogens with one attached hydrogen (secondary N) is 1. The zero-order valence-electron chi connectivity index (χ0n) is 11.3. The first-order valence-electron chi connectivity index (χ1n) is 6.32. The summed E-state index contributed by atoms with van der Waals surface area (Å²) in [5, 5.41) is 16.0. The predicted octanol–water partition coefficient (Wildman–Crippen LogP) is 2.73. The Kier molecular flexibility index (Phi) is 5.24. The molecule has 112 valence electrons. The summed E-state index contributed by atoms with van der Waals surface area (Å²) in [6, 6.07) is 4.89. The molecule has 21 heavy (non-hydrogen) atoms. The number of H-pyrrole nitrogens is 1. The van der Waals surface area contributed by atoms with Crippen LogP contribution in [0.1, 0.15) is 29.3 Å². The number of thioether (sulfide) groups is 1. The van der Waals surface area contributed by atoms with Crippen molar-refractivity contribution in [2.45, 2.75) is 30.8 Å². The molecule has 2 aromatic rings. The van der Waals surface area contributed by atoms with Gasteiger partial charge < -0.3 is 5.11 Å². The molecule has 0 spiro atoms. The molecule has 0 bridgehead atoms. The number of carbonyl (C=O) groups is 1. The molecule has 6 nitrogen and oxygen atoms in total. The number of carboxylic acid groups (broad SMARTS) is 1. The van der Waals surface area contributed by atoms with Crippen LogP contribution in [0.25, 0.3) is 0 Å². The predicted molar refractivity (Wildman–Crippen MR) is 83.8 cm³/mol. The van der Waals surface area contributed by atoms with Crippen LogP contribution in [0.15, 0.2) is 32.6 Å². The smallest absolute Gasteiger partial charge is 0.343 e. The quantitative estimate of drug-likeness (QED) is 0.762. The number of hydrogen-bond donors (Lipinski definition) is 2. The second-order valence-electron chi connectivity index (χ2n) is 4.36. The number of hydrogen-bond acceptors (Lipinski definition) is 4. The molecule has 1 aromatic carbocycles. The Morgan fingerprint density at radius 1 is 1.52 bits per heavy atom. The summed E-state index contributed by atoms with van der Waals surface area (Å²) < 4.78 is 2.33. The van der Waals surface area contributed by atoms with E-state index in [2.05, 4.69) is 26.1 Å². The van der Waals surface area contributed by atoms with E-state index in [9.17, 15) is 9.59 Å². The molecule has 1 heterocycles. The Morgan fingerprint density at radius 3 is 2.90 bits per heavy atom. The fourth-order valence-corrected chi connectivity index (χ4v) is 3.46. The van der Waals surface area contributed by atoms with Crippen LogP contribution < -0.4 is 5.69 Å². The molecular weight excluding hydrogens is 358 g/mol. The highest BCUT2D eigenvalue weighted by atomic mass is 79.9. The maximum Gasteiger partial charge on any atom is 0.343 e. The van der Waals surface area contributed by atoms with Gasteiger partial charge in [-0.1, -0.05) is 40.7 Å². The van der Waals surface area contributed by atoms with Crippen molar-refractivity contribution in [3.63, 3.8) is 0 Å². The normalized spacial score (nSPS) is 10.8. The summed E-state index contributed by atoms with van der Waals surface area (Å²) >= 11 is 4.80. The Labute approximate surface area is 133 Å². The number of aromatic amines is 1. The van der Waals surface area contributed by atoms with Crippen LogP contribution in [0.2, 0.25) is 0 Å². The summed E-state index contributed by atoms with van der Waals surface area (Å²) in [5.41, 5.74) is 0.974. The molecule has 2 N–H and O–H groups in total. The van der Waals surface area contributed by atoms with Crippen molar-refractivity contribution in [1.29, 1.82) is 0 Å². The maximum atomic E-state index is 11.6. The molecular formula is C13H14BrN3O3S. The molecule has 0 aliphatic heterocycles. The van der Waals surface area contributed by atoms with Gasteiger partial charge in [-0.3, -0.25) is 4.57 Å². The van der Waals surface area contributed by atoms with Gasteiger partial charge in [0.25, 0.3) is 0 Å². The van der Waals surface area contributed by atoms with E-state index in [-0.39, 0.29) is 11.3 Å². The van der Waals surface area contributed by atoms with Crippen molar-refractivity contribution in [1.82, 2.24) is 14.8 Å². The van der Waals surface area contributed by atoms with E-state index in [1.165, 1.54) is 11.8 Å². The second kappa shape index (κ2) is 6.95. The summed E-state index contributed by atoms with van der Waals surface area (Å²) in [6.07, 6.45) is 0.851. The number of rotatable bonds is 6. The molecule has 0 radical (unpaired) electrons. The third kappa shape index (κ3) is 3.76. The minimum Gasteiger partial charge on any atom is -0.478 e. The van der Waals surface area contributed by atoms with E-state index in [0.29, 0.717) is 17.5 Å². The highest BCUT2D eigenvalue weighted by molar-refractivity contribution is 9.10. The topological polar surface area (TPSA) is 88.0 Å². The van der Waals surface area contributed by atoms with Crippen LogP contribution in [0, 0.1) is 0 Å². The summed E-state index contributed by atoms with van der Waals surface area (Å²) in [5.74, 6) is -0.368. The number of halogens is 1. The van der Waals surface area contributed by atoms with Gasteiger partial charge in [0, 0.05) is 16.8 Å². The second-order valence-corrected chi connectivity index (χ2v) is 6.16. The SMILES string of the molecule is CCCn1c(SCc2ccc(C(=O)O)cc2Br)n[nH]c1=O. The number of carboxylic acids is 1. The van der Waals surface area contributed by atoms with Crippen molar-refractivity contribution in [2.24, 2.45) is 0 Å². The van der Waals surface area contributed by atoms with Gasteiger partial charge in [-0.25, -0.2) is 14.7 Å². The Bertz CT molecular complexity index is 711. The highest BCUT2D eigenvalue weighted by Gasteiger charge is 2.11. The average molecular weight is 372 g/mol. The molecule has 0 aliphatic carbocycles. The van der Waals surface area contributed by atoms with Gasteiger partial charge in [-0.15, -0.1) is 5.10 Å². The minimum atomic E-state index is -0.959. The van der Waals surface area contributed by atoms with Gasteiger partial charge in [0.2, 0.25) is 0 Å². The van der Waals surface area contributed by atoms with Crippen molar-refractivity contribution in [3.05, 3.63) is 44.3 Å². The van der Waals surface area contributed by atoms with Gasteiger partial charge >= 0.3 is 11.7 Å². The van der Waals surface area contributed by atoms with Crippen LogP contribution in [0.5, 0.6) is 0 Å². The van der Waals surface area contributed by atoms with Crippen molar-refractivity contribution < 1.29 is 9.90 Å².